The highest BCUT2D eigenvalue weighted by Crippen LogP contribution is 2.20. The van der Waals surface area contributed by atoms with Gasteiger partial charge in [0.25, 0.3) is 0 Å². The van der Waals surface area contributed by atoms with E-state index >= 15 is 0 Å². The molecule has 0 bridgehead atoms. The predicted molar refractivity (Wildman–Crippen MR) is 48.3 cm³/mol. The lowest BCUT2D eigenvalue weighted by molar-refractivity contribution is -0.144. The summed E-state index contributed by atoms with van der Waals surface area (Å²) in [4.78, 5) is 14.7. The first-order chi connectivity index (χ1) is 6.61. The molecule has 1 rings (SSSR count). The fraction of sp³-hybridized carbons (Fsp3) is 0.333. The summed E-state index contributed by atoms with van der Waals surface area (Å²) in [7, 11) is 0. The Morgan fingerprint density at radius 1 is 1.64 bits per heavy atom. The minimum absolute atomic E-state index is 0.171. The van der Waals surface area contributed by atoms with Crippen LogP contribution in [0.4, 0.5) is 4.39 Å². The smallest absolute Gasteiger partial charge is 0.330 e. The summed E-state index contributed by atoms with van der Waals surface area (Å²) in [6.45, 7) is -0.792. The first-order valence-corrected chi connectivity index (χ1v) is 4.11. The number of nitrogens with zero attached hydrogens (tertiary/aromatic N) is 1. The number of aliphatic carboxylic acids is 1. The largest absolute Gasteiger partial charge is 0.480 e. The van der Waals surface area contributed by atoms with Crippen LogP contribution in [0.15, 0.2) is 24.4 Å². The molecule has 0 aliphatic heterocycles. The Kier molecular flexibility index (Phi) is 3.14. The van der Waals surface area contributed by atoms with Gasteiger partial charge < -0.3 is 10.8 Å². The number of aromatic nitrogens is 1. The molecule has 1 unspecified atom stereocenters. The lowest BCUT2D eigenvalue weighted by Crippen LogP contribution is -2.46. The van der Waals surface area contributed by atoms with Gasteiger partial charge in [-0.1, -0.05) is 6.07 Å². The maximum Gasteiger partial charge on any atom is 0.330 e. The summed E-state index contributed by atoms with van der Waals surface area (Å²) < 4.78 is 12.2. The van der Waals surface area contributed by atoms with Crippen molar-refractivity contribution in [2.45, 2.75) is 12.0 Å². The van der Waals surface area contributed by atoms with Crippen LogP contribution in [0, 0.1) is 0 Å². The molecule has 0 saturated carbocycles. The third-order valence-electron chi connectivity index (χ3n) is 1.99. The highest BCUT2D eigenvalue weighted by molar-refractivity contribution is 5.79. The van der Waals surface area contributed by atoms with Crippen molar-refractivity contribution < 1.29 is 14.3 Å². The standard InChI is InChI=1S/C9H11FN2O2/c10-5-4-9(11,8(13)14)7-3-1-2-6-12-7/h1-3,6H,4-5,11H2,(H,13,14). The van der Waals surface area contributed by atoms with Gasteiger partial charge in [-0.25, -0.2) is 4.79 Å². The molecule has 1 atom stereocenters. The van der Waals surface area contributed by atoms with Gasteiger partial charge in [0.15, 0.2) is 5.54 Å². The first kappa shape index (κ1) is 10.6. The monoisotopic (exact) mass is 198 g/mol. The van der Waals surface area contributed by atoms with E-state index in [1.165, 1.54) is 12.3 Å². The number of pyridine rings is 1. The van der Waals surface area contributed by atoms with Crippen LogP contribution in [0.1, 0.15) is 12.1 Å². The molecule has 0 aromatic carbocycles. The molecule has 76 valence electrons. The topological polar surface area (TPSA) is 76.2 Å². The molecule has 14 heavy (non-hydrogen) atoms. The van der Waals surface area contributed by atoms with Crippen LogP contribution >= 0.6 is 0 Å². The van der Waals surface area contributed by atoms with Crippen LogP contribution < -0.4 is 5.73 Å². The molecule has 0 aliphatic carbocycles. The number of carboxylic acids is 1. The number of alkyl halides is 1. The van der Waals surface area contributed by atoms with E-state index in [1.807, 2.05) is 0 Å². The number of carboxylic acid groups (broad SMARTS) is 1. The van der Waals surface area contributed by atoms with E-state index in [-0.39, 0.29) is 12.1 Å². The van der Waals surface area contributed by atoms with Crippen molar-refractivity contribution >= 4 is 5.97 Å². The number of rotatable bonds is 4. The van der Waals surface area contributed by atoms with Crippen molar-refractivity contribution in [3.63, 3.8) is 0 Å². The van der Waals surface area contributed by atoms with Gasteiger partial charge in [0.1, 0.15) is 0 Å². The van der Waals surface area contributed by atoms with Crippen LogP contribution in [-0.2, 0) is 10.3 Å². The molecule has 0 aliphatic rings. The van der Waals surface area contributed by atoms with Crippen LogP contribution in [-0.4, -0.2) is 22.7 Å². The van der Waals surface area contributed by atoms with E-state index in [4.69, 9.17) is 10.8 Å². The molecule has 0 saturated heterocycles. The number of nitrogens with two attached hydrogens (primary N) is 1. The number of halogens is 1. The van der Waals surface area contributed by atoms with Crippen molar-refractivity contribution in [2.75, 3.05) is 6.67 Å². The van der Waals surface area contributed by atoms with Gasteiger partial charge in [0, 0.05) is 12.6 Å². The van der Waals surface area contributed by atoms with Crippen LogP contribution in [0.25, 0.3) is 0 Å². The third kappa shape index (κ3) is 1.88. The lowest BCUT2D eigenvalue weighted by atomic mass is 9.92. The second-order valence-electron chi connectivity index (χ2n) is 2.93. The number of hydrogen-bond acceptors (Lipinski definition) is 3. The maximum absolute atomic E-state index is 12.2. The normalized spacial score (nSPS) is 14.7. The third-order valence-corrected chi connectivity index (χ3v) is 1.99. The molecule has 0 radical (unpaired) electrons. The minimum atomic E-state index is -1.73. The summed E-state index contributed by atoms with van der Waals surface area (Å²) in [5, 5.41) is 8.89. The fourth-order valence-electron chi connectivity index (χ4n) is 1.12. The van der Waals surface area contributed by atoms with E-state index in [9.17, 15) is 9.18 Å². The summed E-state index contributed by atoms with van der Waals surface area (Å²) in [6, 6.07) is 4.73. The average Bonchev–Trinajstić information content (AvgIpc) is 2.19. The summed E-state index contributed by atoms with van der Waals surface area (Å²) in [6.07, 6.45) is 1.15. The van der Waals surface area contributed by atoms with Gasteiger partial charge in [-0.3, -0.25) is 9.37 Å². The van der Waals surface area contributed by atoms with E-state index in [2.05, 4.69) is 4.98 Å². The van der Waals surface area contributed by atoms with E-state index in [0.717, 1.165) is 0 Å². The zero-order valence-electron chi connectivity index (χ0n) is 7.48. The van der Waals surface area contributed by atoms with Crippen molar-refractivity contribution in [1.82, 2.24) is 4.98 Å². The van der Waals surface area contributed by atoms with Crippen molar-refractivity contribution in [3.8, 4) is 0 Å². The Labute approximate surface area is 80.6 Å². The van der Waals surface area contributed by atoms with Gasteiger partial charge in [-0.15, -0.1) is 0 Å². The Bertz CT molecular complexity index is 318. The molecular weight excluding hydrogens is 187 g/mol. The van der Waals surface area contributed by atoms with Gasteiger partial charge in [-0.2, -0.15) is 0 Å². The van der Waals surface area contributed by atoms with Crippen molar-refractivity contribution in [1.29, 1.82) is 0 Å². The summed E-state index contributed by atoms with van der Waals surface area (Å²) in [5.74, 6) is -1.27. The van der Waals surface area contributed by atoms with E-state index < -0.39 is 18.2 Å². The quantitative estimate of drug-likeness (QED) is 0.745. The molecule has 1 heterocycles. The van der Waals surface area contributed by atoms with Crippen LogP contribution in [0.2, 0.25) is 0 Å². The Balaban J connectivity index is 3.06. The molecule has 0 spiro atoms. The van der Waals surface area contributed by atoms with Crippen molar-refractivity contribution in [3.05, 3.63) is 30.1 Å². The van der Waals surface area contributed by atoms with Gasteiger partial charge in [0.05, 0.1) is 12.4 Å². The summed E-state index contributed by atoms with van der Waals surface area (Å²) in [5.41, 5.74) is 4.02. The molecule has 1 aromatic rings. The maximum atomic E-state index is 12.2. The SMILES string of the molecule is NC(CCF)(C(=O)O)c1ccccn1. The fourth-order valence-corrected chi connectivity index (χ4v) is 1.12. The number of carbonyl (C=O) groups is 1. The van der Waals surface area contributed by atoms with E-state index in [1.54, 1.807) is 12.1 Å². The second-order valence-corrected chi connectivity index (χ2v) is 2.93. The van der Waals surface area contributed by atoms with E-state index in [0.29, 0.717) is 0 Å². The number of hydrogen-bond donors (Lipinski definition) is 2. The molecule has 1 aromatic heterocycles. The average molecular weight is 198 g/mol. The lowest BCUT2D eigenvalue weighted by Gasteiger charge is -2.22. The molecule has 0 amide bonds. The second kappa shape index (κ2) is 4.15. The Hall–Kier alpha value is -1.49. The van der Waals surface area contributed by atoms with Crippen molar-refractivity contribution in [2.24, 2.45) is 5.73 Å². The molecule has 4 nitrogen and oxygen atoms in total. The van der Waals surface area contributed by atoms with Gasteiger partial charge >= 0.3 is 5.97 Å². The minimum Gasteiger partial charge on any atom is -0.480 e. The zero-order valence-corrected chi connectivity index (χ0v) is 7.48. The molecule has 3 N–H and O–H groups in total. The summed E-state index contributed by atoms with van der Waals surface area (Å²) >= 11 is 0. The molecular formula is C9H11FN2O2. The van der Waals surface area contributed by atoms with Gasteiger partial charge in [0.2, 0.25) is 0 Å². The molecule has 0 fully saturated rings. The first-order valence-electron chi connectivity index (χ1n) is 4.11. The highest BCUT2D eigenvalue weighted by Gasteiger charge is 2.36. The predicted octanol–water partition coefficient (Wildman–Crippen LogP) is 0.680. The Morgan fingerprint density at radius 3 is 2.79 bits per heavy atom. The molecule has 5 heteroatoms. The van der Waals surface area contributed by atoms with Crippen LogP contribution in [0.3, 0.4) is 0 Å². The highest BCUT2D eigenvalue weighted by atomic mass is 19.1. The zero-order chi connectivity index (χ0) is 10.6. The van der Waals surface area contributed by atoms with Gasteiger partial charge in [-0.05, 0) is 12.1 Å². The Morgan fingerprint density at radius 2 is 2.36 bits per heavy atom. The van der Waals surface area contributed by atoms with Crippen LogP contribution in [0.5, 0.6) is 0 Å².